The van der Waals surface area contributed by atoms with E-state index in [0.29, 0.717) is 25.5 Å². The summed E-state index contributed by atoms with van der Waals surface area (Å²) in [5.41, 5.74) is 3.37. The summed E-state index contributed by atoms with van der Waals surface area (Å²) in [7, 11) is 0. The Morgan fingerprint density at radius 3 is 2.39 bits per heavy atom. The molecule has 0 radical (unpaired) electrons. The fraction of sp³-hybridized carbons (Fsp3) is 0.519. The van der Waals surface area contributed by atoms with Gasteiger partial charge < -0.3 is 14.8 Å². The van der Waals surface area contributed by atoms with Crippen LogP contribution in [0.1, 0.15) is 63.6 Å². The number of hydrogen-bond acceptors (Lipinski definition) is 3. The molecule has 168 valence electrons. The second kappa shape index (κ2) is 10.3. The molecule has 2 aromatic rings. The van der Waals surface area contributed by atoms with Crippen LogP contribution in [0.25, 0.3) is 0 Å². The second-order valence-electron chi connectivity index (χ2n) is 9.52. The summed E-state index contributed by atoms with van der Waals surface area (Å²) in [6.07, 6.45) is 2.56. The van der Waals surface area contributed by atoms with Crippen molar-refractivity contribution in [1.29, 1.82) is 0 Å². The molecule has 1 N–H and O–H groups in total. The number of amides is 1. The van der Waals surface area contributed by atoms with Crippen LogP contribution < -0.4 is 10.1 Å². The van der Waals surface area contributed by atoms with Crippen molar-refractivity contribution in [1.82, 2.24) is 5.32 Å². The Labute approximate surface area is 187 Å². The van der Waals surface area contributed by atoms with Crippen molar-refractivity contribution >= 4 is 5.91 Å². The van der Waals surface area contributed by atoms with Gasteiger partial charge in [-0.1, -0.05) is 55.8 Å². The van der Waals surface area contributed by atoms with E-state index in [2.05, 4.69) is 50.4 Å². The highest BCUT2D eigenvalue weighted by Gasteiger charge is 2.41. The lowest BCUT2D eigenvalue weighted by Gasteiger charge is -2.42. The predicted octanol–water partition coefficient (Wildman–Crippen LogP) is 5.56. The Hall–Kier alpha value is -2.33. The molecular formula is C27H37NO3. The molecule has 0 spiro atoms. The number of ether oxygens (including phenoxy) is 2. The SMILES string of the molecule is Cc1ccc([C@@]2(CC(=O)NCc3ccc(OC(C)C)cc3)CCO[C@@H](C(C)C)C2)cc1. The number of nitrogens with one attached hydrogen (secondary N) is 1. The largest absolute Gasteiger partial charge is 0.491 e. The van der Waals surface area contributed by atoms with Crippen LogP contribution >= 0.6 is 0 Å². The molecule has 31 heavy (non-hydrogen) atoms. The molecule has 0 unspecified atom stereocenters. The summed E-state index contributed by atoms with van der Waals surface area (Å²) in [6.45, 7) is 11.7. The van der Waals surface area contributed by atoms with E-state index < -0.39 is 0 Å². The number of benzene rings is 2. The van der Waals surface area contributed by atoms with Gasteiger partial charge in [-0.15, -0.1) is 0 Å². The average molecular weight is 424 g/mol. The van der Waals surface area contributed by atoms with Crippen LogP contribution in [0.5, 0.6) is 5.75 Å². The van der Waals surface area contributed by atoms with E-state index in [4.69, 9.17) is 9.47 Å². The third-order valence-electron chi connectivity index (χ3n) is 6.20. The van der Waals surface area contributed by atoms with Crippen molar-refractivity contribution in [3.63, 3.8) is 0 Å². The lowest BCUT2D eigenvalue weighted by Crippen LogP contribution is -2.44. The Morgan fingerprint density at radius 2 is 1.77 bits per heavy atom. The first-order valence-corrected chi connectivity index (χ1v) is 11.5. The molecule has 0 bridgehead atoms. The molecule has 2 atom stereocenters. The van der Waals surface area contributed by atoms with E-state index in [9.17, 15) is 4.79 Å². The standard InChI is InChI=1S/C27H37NO3/c1-19(2)25-16-27(14-15-30-25,23-10-6-21(5)7-11-23)17-26(29)28-18-22-8-12-24(13-9-22)31-20(3)4/h6-13,19-20,25H,14-18H2,1-5H3,(H,28,29)/t25-,27+/m1/s1. The zero-order valence-corrected chi connectivity index (χ0v) is 19.6. The summed E-state index contributed by atoms with van der Waals surface area (Å²) in [5, 5.41) is 3.14. The Morgan fingerprint density at radius 1 is 1.10 bits per heavy atom. The van der Waals surface area contributed by atoms with Crippen molar-refractivity contribution < 1.29 is 14.3 Å². The molecule has 1 aliphatic heterocycles. The lowest BCUT2D eigenvalue weighted by atomic mass is 9.68. The number of rotatable bonds is 8. The lowest BCUT2D eigenvalue weighted by molar-refractivity contribution is -0.124. The van der Waals surface area contributed by atoms with Gasteiger partial charge in [0.1, 0.15) is 5.75 Å². The second-order valence-corrected chi connectivity index (χ2v) is 9.52. The summed E-state index contributed by atoms with van der Waals surface area (Å²) in [4.78, 5) is 13.0. The highest BCUT2D eigenvalue weighted by atomic mass is 16.5. The van der Waals surface area contributed by atoms with Gasteiger partial charge in [-0.25, -0.2) is 0 Å². The molecule has 1 saturated heterocycles. The Kier molecular flexibility index (Phi) is 7.77. The maximum absolute atomic E-state index is 13.0. The van der Waals surface area contributed by atoms with E-state index in [-0.39, 0.29) is 23.5 Å². The summed E-state index contributed by atoms with van der Waals surface area (Å²) in [6, 6.07) is 16.6. The summed E-state index contributed by atoms with van der Waals surface area (Å²) >= 11 is 0. The Bertz CT molecular complexity index is 842. The molecule has 1 aliphatic rings. The zero-order valence-electron chi connectivity index (χ0n) is 19.6. The van der Waals surface area contributed by atoms with Crippen LogP contribution in [0.2, 0.25) is 0 Å². The molecule has 2 aromatic carbocycles. The first-order valence-electron chi connectivity index (χ1n) is 11.5. The van der Waals surface area contributed by atoms with E-state index >= 15 is 0 Å². The smallest absolute Gasteiger partial charge is 0.221 e. The fourth-order valence-corrected chi connectivity index (χ4v) is 4.34. The highest BCUT2D eigenvalue weighted by Crippen LogP contribution is 2.42. The van der Waals surface area contributed by atoms with E-state index in [1.165, 1.54) is 11.1 Å². The minimum absolute atomic E-state index is 0.0903. The fourth-order valence-electron chi connectivity index (χ4n) is 4.34. The third kappa shape index (κ3) is 6.33. The molecule has 4 heteroatoms. The predicted molar refractivity (Wildman–Crippen MR) is 125 cm³/mol. The van der Waals surface area contributed by atoms with Gasteiger partial charge in [-0.05, 0) is 62.8 Å². The van der Waals surface area contributed by atoms with Gasteiger partial charge >= 0.3 is 0 Å². The van der Waals surface area contributed by atoms with Crippen molar-refractivity contribution in [3.05, 3.63) is 65.2 Å². The van der Waals surface area contributed by atoms with Crippen LogP contribution in [0, 0.1) is 12.8 Å². The quantitative estimate of drug-likeness (QED) is 0.604. The van der Waals surface area contributed by atoms with Gasteiger partial charge in [0.15, 0.2) is 0 Å². The summed E-state index contributed by atoms with van der Waals surface area (Å²) in [5.74, 6) is 1.37. The van der Waals surface area contributed by atoms with Gasteiger partial charge in [0.05, 0.1) is 12.2 Å². The van der Waals surface area contributed by atoms with Gasteiger partial charge in [0, 0.05) is 25.0 Å². The molecule has 1 amide bonds. The molecule has 4 nitrogen and oxygen atoms in total. The van der Waals surface area contributed by atoms with Crippen LogP contribution in [0.15, 0.2) is 48.5 Å². The number of aryl methyl sites for hydroxylation is 1. The van der Waals surface area contributed by atoms with Crippen LogP contribution in [0.3, 0.4) is 0 Å². The highest BCUT2D eigenvalue weighted by molar-refractivity contribution is 5.77. The monoisotopic (exact) mass is 423 g/mol. The van der Waals surface area contributed by atoms with Crippen LogP contribution in [0.4, 0.5) is 0 Å². The van der Waals surface area contributed by atoms with Crippen molar-refractivity contribution in [2.45, 2.75) is 78.0 Å². The first-order chi connectivity index (χ1) is 14.8. The number of carbonyl (C=O) groups excluding carboxylic acids is 1. The molecule has 0 aliphatic carbocycles. The van der Waals surface area contributed by atoms with Crippen LogP contribution in [-0.4, -0.2) is 24.7 Å². The topological polar surface area (TPSA) is 47.6 Å². The maximum Gasteiger partial charge on any atom is 0.221 e. The van der Waals surface area contributed by atoms with E-state index in [0.717, 1.165) is 24.2 Å². The Balaban J connectivity index is 1.69. The number of hydrogen-bond donors (Lipinski definition) is 1. The van der Waals surface area contributed by atoms with Crippen molar-refractivity contribution in [3.8, 4) is 5.75 Å². The summed E-state index contributed by atoms with van der Waals surface area (Å²) < 4.78 is 11.7. The van der Waals surface area contributed by atoms with Gasteiger partial charge in [-0.3, -0.25) is 4.79 Å². The van der Waals surface area contributed by atoms with Gasteiger partial charge in [0.25, 0.3) is 0 Å². The molecule has 1 fully saturated rings. The van der Waals surface area contributed by atoms with Gasteiger partial charge in [0.2, 0.25) is 5.91 Å². The third-order valence-corrected chi connectivity index (χ3v) is 6.20. The van der Waals surface area contributed by atoms with E-state index in [1.807, 2.05) is 38.1 Å². The molecule has 3 rings (SSSR count). The minimum Gasteiger partial charge on any atom is -0.491 e. The molecule has 1 heterocycles. The van der Waals surface area contributed by atoms with Gasteiger partial charge in [-0.2, -0.15) is 0 Å². The van der Waals surface area contributed by atoms with Crippen molar-refractivity contribution in [2.75, 3.05) is 6.61 Å². The molecular weight excluding hydrogens is 386 g/mol. The average Bonchev–Trinajstić information content (AvgIpc) is 2.73. The molecule has 0 aromatic heterocycles. The van der Waals surface area contributed by atoms with Crippen molar-refractivity contribution in [2.24, 2.45) is 5.92 Å². The molecule has 0 saturated carbocycles. The normalized spacial score (nSPS) is 21.3. The zero-order chi connectivity index (χ0) is 22.4. The first kappa shape index (κ1) is 23.3. The van der Waals surface area contributed by atoms with E-state index in [1.54, 1.807) is 0 Å². The minimum atomic E-state index is -0.181. The number of carbonyl (C=O) groups is 1. The maximum atomic E-state index is 13.0. The van der Waals surface area contributed by atoms with Crippen LogP contribution in [-0.2, 0) is 21.5 Å².